The fourth-order valence-corrected chi connectivity index (χ4v) is 3.28. The standard InChI is InChI=1S/C15H24ClN3/c1-2-18-14(11-7-5-3-4-6-8-11)13-9-12(16)10-19-15(13)17/h9-11,14,18H,2-8H2,1H3,(H2,17,19). The van der Waals surface area contributed by atoms with Crippen LogP contribution in [0.2, 0.25) is 5.02 Å². The summed E-state index contributed by atoms with van der Waals surface area (Å²) in [5, 5.41) is 4.25. The molecule has 1 aliphatic carbocycles. The molecule has 0 spiro atoms. The smallest absolute Gasteiger partial charge is 0.128 e. The molecule has 1 fully saturated rings. The molecule has 19 heavy (non-hydrogen) atoms. The maximum atomic E-state index is 6.09. The van der Waals surface area contributed by atoms with Crippen molar-refractivity contribution in [2.24, 2.45) is 5.92 Å². The van der Waals surface area contributed by atoms with Crippen molar-refractivity contribution in [2.75, 3.05) is 12.3 Å². The van der Waals surface area contributed by atoms with Gasteiger partial charge >= 0.3 is 0 Å². The molecule has 106 valence electrons. The van der Waals surface area contributed by atoms with E-state index in [-0.39, 0.29) is 6.04 Å². The average molecular weight is 282 g/mol. The fraction of sp³-hybridized carbons (Fsp3) is 0.667. The largest absolute Gasteiger partial charge is 0.383 e. The minimum Gasteiger partial charge on any atom is -0.383 e. The first-order valence-electron chi connectivity index (χ1n) is 7.36. The molecular weight excluding hydrogens is 258 g/mol. The summed E-state index contributed by atoms with van der Waals surface area (Å²) in [6, 6.07) is 2.26. The quantitative estimate of drug-likeness (QED) is 0.822. The molecule has 0 amide bonds. The Labute approximate surface area is 120 Å². The highest BCUT2D eigenvalue weighted by atomic mass is 35.5. The summed E-state index contributed by atoms with van der Waals surface area (Å²) in [4.78, 5) is 4.21. The highest BCUT2D eigenvalue weighted by molar-refractivity contribution is 6.30. The van der Waals surface area contributed by atoms with Crippen LogP contribution in [0.4, 0.5) is 5.82 Å². The molecule has 0 aliphatic heterocycles. The van der Waals surface area contributed by atoms with Gasteiger partial charge in [0, 0.05) is 17.8 Å². The van der Waals surface area contributed by atoms with Gasteiger partial charge in [-0.2, -0.15) is 0 Å². The maximum Gasteiger partial charge on any atom is 0.128 e. The zero-order chi connectivity index (χ0) is 13.7. The topological polar surface area (TPSA) is 50.9 Å². The van der Waals surface area contributed by atoms with Crippen molar-refractivity contribution in [3.05, 3.63) is 22.8 Å². The Hall–Kier alpha value is -0.800. The van der Waals surface area contributed by atoms with Gasteiger partial charge in [-0.25, -0.2) is 4.98 Å². The molecule has 4 heteroatoms. The van der Waals surface area contributed by atoms with E-state index in [1.807, 2.05) is 6.07 Å². The Balaban J connectivity index is 2.24. The summed E-state index contributed by atoms with van der Waals surface area (Å²) in [6.07, 6.45) is 9.52. The van der Waals surface area contributed by atoms with Gasteiger partial charge in [0.2, 0.25) is 0 Å². The van der Waals surface area contributed by atoms with Crippen LogP contribution in [-0.2, 0) is 0 Å². The molecule has 1 aromatic heterocycles. The van der Waals surface area contributed by atoms with Crippen molar-refractivity contribution in [3.8, 4) is 0 Å². The third-order valence-corrected chi connectivity index (χ3v) is 4.25. The number of pyridine rings is 1. The van der Waals surface area contributed by atoms with Gasteiger partial charge in [0.15, 0.2) is 0 Å². The van der Waals surface area contributed by atoms with Crippen LogP contribution in [0.25, 0.3) is 0 Å². The first kappa shape index (κ1) is 14.6. The molecular formula is C15H24ClN3. The van der Waals surface area contributed by atoms with Crippen molar-refractivity contribution >= 4 is 17.4 Å². The lowest BCUT2D eigenvalue weighted by molar-refractivity contribution is 0.330. The predicted molar refractivity (Wildman–Crippen MR) is 81.3 cm³/mol. The Bertz CT molecular complexity index is 400. The summed E-state index contributed by atoms with van der Waals surface area (Å²) in [7, 11) is 0. The fourth-order valence-electron chi connectivity index (χ4n) is 3.11. The van der Waals surface area contributed by atoms with E-state index in [4.69, 9.17) is 17.3 Å². The molecule has 0 aromatic carbocycles. The third kappa shape index (κ3) is 3.83. The van der Waals surface area contributed by atoms with Gasteiger partial charge in [-0.1, -0.05) is 44.2 Å². The highest BCUT2D eigenvalue weighted by Gasteiger charge is 2.25. The van der Waals surface area contributed by atoms with Gasteiger partial charge in [-0.05, 0) is 31.4 Å². The molecule has 1 aromatic rings. The summed E-state index contributed by atoms with van der Waals surface area (Å²) >= 11 is 6.09. The first-order valence-corrected chi connectivity index (χ1v) is 7.74. The Morgan fingerprint density at radius 3 is 2.68 bits per heavy atom. The van der Waals surface area contributed by atoms with E-state index in [9.17, 15) is 0 Å². The molecule has 0 bridgehead atoms. The minimum atomic E-state index is 0.286. The lowest BCUT2D eigenvalue weighted by Gasteiger charge is -2.28. The Kier molecular flexibility index (Phi) is 5.46. The number of rotatable bonds is 4. The number of nitrogens with zero attached hydrogens (tertiary/aromatic N) is 1. The molecule has 3 nitrogen and oxygen atoms in total. The van der Waals surface area contributed by atoms with Crippen molar-refractivity contribution in [3.63, 3.8) is 0 Å². The maximum absolute atomic E-state index is 6.09. The van der Waals surface area contributed by atoms with Gasteiger partial charge in [-0.3, -0.25) is 0 Å². The van der Waals surface area contributed by atoms with E-state index in [0.717, 1.165) is 12.1 Å². The summed E-state index contributed by atoms with van der Waals surface area (Å²) in [5.41, 5.74) is 7.13. The van der Waals surface area contributed by atoms with Crippen LogP contribution < -0.4 is 11.1 Å². The second kappa shape index (κ2) is 7.11. The van der Waals surface area contributed by atoms with Crippen LogP contribution >= 0.6 is 11.6 Å². The van der Waals surface area contributed by atoms with E-state index in [1.165, 1.54) is 38.5 Å². The van der Waals surface area contributed by atoms with Gasteiger partial charge < -0.3 is 11.1 Å². The molecule has 3 N–H and O–H groups in total. The zero-order valence-electron chi connectivity index (χ0n) is 11.7. The van der Waals surface area contributed by atoms with E-state index >= 15 is 0 Å². The predicted octanol–water partition coefficient (Wildman–Crippen LogP) is 3.94. The lowest BCUT2D eigenvalue weighted by atomic mass is 9.87. The number of nitrogens with one attached hydrogen (secondary N) is 1. The second-order valence-electron chi connectivity index (χ2n) is 5.41. The molecule has 1 atom stereocenters. The Morgan fingerprint density at radius 2 is 2.05 bits per heavy atom. The van der Waals surface area contributed by atoms with Crippen molar-refractivity contribution < 1.29 is 0 Å². The zero-order valence-corrected chi connectivity index (χ0v) is 12.4. The monoisotopic (exact) mass is 281 g/mol. The number of hydrogen-bond donors (Lipinski definition) is 2. The second-order valence-corrected chi connectivity index (χ2v) is 5.85. The van der Waals surface area contributed by atoms with Crippen molar-refractivity contribution in [1.29, 1.82) is 0 Å². The van der Waals surface area contributed by atoms with Crippen LogP contribution in [0.1, 0.15) is 57.1 Å². The average Bonchev–Trinajstić information content (AvgIpc) is 2.68. The van der Waals surface area contributed by atoms with Crippen molar-refractivity contribution in [2.45, 2.75) is 51.5 Å². The van der Waals surface area contributed by atoms with Crippen LogP contribution in [0.3, 0.4) is 0 Å². The molecule has 0 radical (unpaired) electrons. The van der Waals surface area contributed by atoms with Gasteiger partial charge in [0.1, 0.15) is 5.82 Å². The molecule has 1 heterocycles. The van der Waals surface area contributed by atoms with Crippen LogP contribution in [0.5, 0.6) is 0 Å². The number of aromatic nitrogens is 1. The number of nitrogen functional groups attached to an aromatic ring is 1. The van der Waals surface area contributed by atoms with Gasteiger partial charge in [0.25, 0.3) is 0 Å². The minimum absolute atomic E-state index is 0.286. The van der Waals surface area contributed by atoms with Gasteiger partial charge in [0.05, 0.1) is 5.02 Å². The molecule has 0 saturated heterocycles. The van der Waals surface area contributed by atoms with E-state index in [0.29, 0.717) is 16.8 Å². The number of hydrogen-bond acceptors (Lipinski definition) is 3. The molecule has 1 aliphatic rings. The number of nitrogens with two attached hydrogens (primary N) is 1. The third-order valence-electron chi connectivity index (χ3n) is 4.05. The summed E-state index contributed by atoms with van der Waals surface area (Å²) in [5.74, 6) is 1.25. The SMILES string of the molecule is CCNC(c1cc(Cl)cnc1N)C1CCCCCC1. The van der Waals surface area contributed by atoms with Crippen LogP contribution in [0.15, 0.2) is 12.3 Å². The van der Waals surface area contributed by atoms with E-state index in [1.54, 1.807) is 6.20 Å². The van der Waals surface area contributed by atoms with Crippen LogP contribution in [0, 0.1) is 5.92 Å². The van der Waals surface area contributed by atoms with Crippen LogP contribution in [-0.4, -0.2) is 11.5 Å². The number of anilines is 1. The molecule has 1 unspecified atom stereocenters. The molecule has 1 saturated carbocycles. The normalized spacial score (nSPS) is 19.1. The lowest BCUT2D eigenvalue weighted by Crippen LogP contribution is -2.29. The summed E-state index contributed by atoms with van der Waals surface area (Å²) in [6.45, 7) is 3.07. The molecule has 2 rings (SSSR count). The van der Waals surface area contributed by atoms with E-state index < -0.39 is 0 Å². The van der Waals surface area contributed by atoms with Gasteiger partial charge in [-0.15, -0.1) is 0 Å². The Morgan fingerprint density at radius 1 is 1.37 bits per heavy atom. The van der Waals surface area contributed by atoms with E-state index in [2.05, 4.69) is 17.2 Å². The highest BCUT2D eigenvalue weighted by Crippen LogP contribution is 2.35. The first-order chi connectivity index (χ1) is 9.22. The number of halogens is 1. The van der Waals surface area contributed by atoms with Crippen molar-refractivity contribution in [1.82, 2.24) is 10.3 Å². The summed E-state index contributed by atoms with van der Waals surface area (Å²) < 4.78 is 0.